The summed E-state index contributed by atoms with van der Waals surface area (Å²) in [5.41, 5.74) is 9.68. The van der Waals surface area contributed by atoms with Crippen molar-refractivity contribution in [3.63, 3.8) is 0 Å². The van der Waals surface area contributed by atoms with Crippen LogP contribution in [0.3, 0.4) is 0 Å². The van der Waals surface area contributed by atoms with Crippen LogP contribution in [-0.4, -0.2) is 88.3 Å². The molecule has 1 aliphatic heterocycles. The maximum Gasteiger partial charge on any atom is 0.229 e. The summed E-state index contributed by atoms with van der Waals surface area (Å²) in [6.07, 6.45) is -4.86. The quantitative estimate of drug-likeness (QED) is 0.152. The van der Waals surface area contributed by atoms with Crippen LogP contribution in [0.2, 0.25) is 0 Å². The van der Waals surface area contributed by atoms with Crippen molar-refractivity contribution in [2.45, 2.75) is 97.4 Å². The van der Waals surface area contributed by atoms with E-state index in [2.05, 4.69) is 24.1 Å². The van der Waals surface area contributed by atoms with Gasteiger partial charge in [0.15, 0.2) is 0 Å². The molecule has 1 aromatic carbocycles. The first kappa shape index (κ1) is 33.8. The Morgan fingerprint density at radius 3 is 2.50 bits per heavy atom. The van der Waals surface area contributed by atoms with Crippen LogP contribution in [-0.2, 0) is 22.4 Å². The highest BCUT2D eigenvalue weighted by Crippen LogP contribution is 2.37. The van der Waals surface area contributed by atoms with Crippen LogP contribution in [0.15, 0.2) is 18.2 Å². The number of rotatable bonds is 15. The van der Waals surface area contributed by atoms with Crippen LogP contribution >= 0.6 is 0 Å². The van der Waals surface area contributed by atoms with Gasteiger partial charge in [-0.15, -0.1) is 0 Å². The molecule has 1 aliphatic rings. The van der Waals surface area contributed by atoms with Crippen LogP contribution in [0.1, 0.15) is 75.0 Å². The molecule has 5 atom stereocenters. The van der Waals surface area contributed by atoms with Gasteiger partial charge in [0, 0.05) is 24.2 Å². The van der Waals surface area contributed by atoms with Gasteiger partial charge in [0.1, 0.15) is 35.9 Å². The number of aliphatic hydroxyl groups is 4. The lowest BCUT2D eigenvalue weighted by Crippen LogP contribution is -2.60. The van der Waals surface area contributed by atoms with Crippen LogP contribution < -0.4 is 20.5 Å². The molecule has 42 heavy (non-hydrogen) atoms. The number of H-pyrrole nitrogens is 1. The Bertz CT molecular complexity index is 1180. The fraction of sp³-hybridized carbons (Fsp3) is 0.645. The number of aryl methyl sites for hydroxylation is 2. The number of amides is 1. The number of ether oxygens (including phenoxy) is 3. The second-order valence-corrected chi connectivity index (χ2v) is 12.0. The number of carbonyl (C=O) groups excluding carboxylic acids is 1. The topological polar surface area (TPSA) is 180 Å². The van der Waals surface area contributed by atoms with E-state index in [0.717, 1.165) is 40.2 Å². The third kappa shape index (κ3) is 8.03. The van der Waals surface area contributed by atoms with Crippen molar-refractivity contribution >= 4 is 5.91 Å². The zero-order valence-electron chi connectivity index (χ0n) is 25.6. The van der Waals surface area contributed by atoms with E-state index in [1.54, 1.807) is 0 Å². The van der Waals surface area contributed by atoms with E-state index in [4.69, 9.17) is 19.9 Å². The molecule has 11 nitrogen and oxygen atoms in total. The molecule has 8 N–H and O–H groups in total. The first-order valence-corrected chi connectivity index (χ1v) is 14.7. The van der Waals surface area contributed by atoms with Crippen LogP contribution in [0, 0.1) is 12.3 Å². The summed E-state index contributed by atoms with van der Waals surface area (Å²) >= 11 is 0. The molecule has 2 aromatic rings. The average Bonchev–Trinajstić information content (AvgIpc) is 3.29. The number of aromatic nitrogens is 1. The number of nitrogens with one attached hydrogen (secondary N) is 2. The number of benzene rings is 1. The zero-order chi connectivity index (χ0) is 31.2. The molecule has 0 bridgehead atoms. The third-order valence-corrected chi connectivity index (χ3v) is 7.85. The summed E-state index contributed by atoms with van der Waals surface area (Å²) in [6, 6.07) is 5.96. The highest BCUT2D eigenvalue weighted by Gasteiger charge is 2.45. The Morgan fingerprint density at radius 1 is 1.19 bits per heavy atom. The SMILES string of the molecule is CCc1[nH]c(C(C)C)c(Cc2ccc(OCCCNCC(C)(C)C(N)=O)cc2C)c1OC1O[C@H](CO)[C@H](O)[C@H](O)[C@H]1O. The van der Waals surface area contributed by atoms with Crippen LogP contribution in [0.25, 0.3) is 0 Å². The lowest BCUT2D eigenvalue weighted by molar-refractivity contribution is -0.277. The van der Waals surface area contributed by atoms with Crippen LogP contribution in [0.4, 0.5) is 0 Å². The molecule has 1 saturated heterocycles. The van der Waals surface area contributed by atoms with Crippen molar-refractivity contribution in [2.75, 3.05) is 26.3 Å². The molecular formula is C31H49N3O8. The minimum Gasteiger partial charge on any atom is -0.494 e. The summed E-state index contributed by atoms with van der Waals surface area (Å²) in [6.45, 7) is 13.0. The van der Waals surface area contributed by atoms with Gasteiger partial charge in [-0.05, 0) is 69.3 Å². The fourth-order valence-corrected chi connectivity index (χ4v) is 4.96. The van der Waals surface area contributed by atoms with E-state index in [1.165, 1.54) is 0 Å². The maximum absolute atomic E-state index is 11.4. The Morgan fingerprint density at radius 2 is 1.90 bits per heavy atom. The highest BCUT2D eigenvalue weighted by atomic mass is 16.7. The predicted octanol–water partition coefficient (Wildman–Crippen LogP) is 1.65. The molecule has 0 radical (unpaired) electrons. The molecule has 0 saturated carbocycles. The van der Waals surface area contributed by atoms with Crippen molar-refractivity contribution in [2.24, 2.45) is 11.1 Å². The molecule has 11 heteroatoms. The second kappa shape index (κ2) is 14.7. The van der Waals surface area contributed by atoms with Gasteiger partial charge in [-0.3, -0.25) is 4.79 Å². The smallest absolute Gasteiger partial charge is 0.229 e. The molecule has 0 spiro atoms. The van der Waals surface area contributed by atoms with E-state index in [1.807, 2.05) is 45.9 Å². The second-order valence-electron chi connectivity index (χ2n) is 12.0. The maximum atomic E-state index is 11.4. The van der Waals surface area contributed by atoms with Crippen molar-refractivity contribution in [3.05, 3.63) is 46.3 Å². The van der Waals surface area contributed by atoms with E-state index in [9.17, 15) is 25.2 Å². The standard InChI is InChI=1S/C31H49N3O8/c1-7-22-28(42-29-27(38)26(37)25(36)23(15-35)41-29)21(24(34-22)17(2)3)14-19-9-10-20(13-18(19)4)40-12-8-11-33-16-31(5,6)30(32)39/h9-10,13,17,23,25-27,29,33-38H,7-8,11-12,14-16H2,1-6H3,(H2,32,39)/t23-,25+,26+,27-,29?/m1/s1. The molecule has 236 valence electrons. The van der Waals surface area contributed by atoms with Gasteiger partial charge in [-0.1, -0.05) is 26.8 Å². The summed E-state index contributed by atoms with van der Waals surface area (Å²) in [5, 5.41) is 43.9. The first-order valence-electron chi connectivity index (χ1n) is 14.7. The van der Waals surface area contributed by atoms with Gasteiger partial charge in [0.25, 0.3) is 0 Å². The summed E-state index contributed by atoms with van der Waals surface area (Å²) in [5.74, 6) is 1.12. The third-order valence-electron chi connectivity index (χ3n) is 7.85. The highest BCUT2D eigenvalue weighted by molar-refractivity contribution is 5.80. The number of hydrogen-bond donors (Lipinski definition) is 7. The van der Waals surface area contributed by atoms with Gasteiger partial charge in [0.2, 0.25) is 12.2 Å². The average molecular weight is 592 g/mol. The van der Waals surface area contributed by atoms with E-state index in [-0.39, 0.29) is 11.8 Å². The predicted molar refractivity (Wildman–Crippen MR) is 159 cm³/mol. The zero-order valence-corrected chi connectivity index (χ0v) is 25.6. The minimum absolute atomic E-state index is 0.155. The van der Waals surface area contributed by atoms with Gasteiger partial charge in [0.05, 0.1) is 24.3 Å². The Kier molecular flexibility index (Phi) is 11.8. The molecular weight excluding hydrogens is 542 g/mol. The largest absolute Gasteiger partial charge is 0.494 e. The normalized spacial score (nSPS) is 22.9. The lowest BCUT2D eigenvalue weighted by Gasteiger charge is -2.39. The number of aromatic amines is 1. The van der Waals surface area contributed by atoms with Gasteiger partial charge >= 0.3 is 0 Å². The molecule has 1 aromatic heterocycles. The Balaban J connectivity index is 1.72. The van der Waals surface area contributed by atoms with Crippen molar-refractivity contribution in [1.29, 1.82) is 0 Å². The van der Waals surface area contributed by atoms with Crippen molar-refractivity contribution in [3.8, 4) is 11.5 Å². The molecule has 2 heterocycles. The lowest BCUT2D eigenvalue weighted by atomic mass is 9.93. The van der Waals surface area contributed by atoms with E-state index < -0.39 is 42.7 Å². The summed E-state index contributed by atoms with van der Waals surface area (Å²) in [7, 11) is 0. The Hall–Kier alpha value is -2.67. The monoisotopic (exact) mass is 591 g/mol. The van der Waals surface area contributed by atoms with Crippen molar-refractivity contribution in [1.82, 2.24) is 10.3 Å². The number of nitrogens with two attached hydrogens (primary N) is 1. The number of hydrogen-bond acceptors (Lipinski definition) is 9. The number of primary amides is 1. The fourth-order valence-electron chi connectivity index (χ4n) is 4.96. The van der Waals surface area contributed by atoms with Crippen molar-refractivity contribution < 1.29 is 39.4 Å². The minimum atomic E-state index is -1.52. The molecule has 1 fully saturated rings. The molecule has 3 rings (SSSR count). The summed E-state index contributed by atoms with van der Waals surface area (Å²) < 4.78 is 17.8. The number of carbonyl (C=O) groups is 1. The molecule has 1 amide bonds. The van der Waals surface area contributed by atoms with Gasteiger partial charge in [-0.2, -0.15) is 0 Å². The first-order chi connectivity index (χ1) is 19.8. The van der Waals surface area contributed by atoms with E-state index in [0.29, 0.717) is 38.3 Å². The Labute approximate surface area is 248 Å². The molecule has 0 aliphatic carbocycles. The summed E-state index contributed by atoms with van der Waals surface area (Å²) in [4.78, 5) is 14.9. The van der Waals surface area contributed by atoms with Gasteiger partial charge in [-0.25, -0.2) is 0 Å². The van der Waals surface area contributed by atoms with E-state index >= 15 is 0 Å². The van der Waals surface area contributed by atoms with Crippen LogP contribution in [0.5, 0.6) is 11.5 Å². The van der Waals surface area contributed by atoms with Gasteiger partial charge < -0.3 is 50.7 Å². The molecule has 1 unspecified atom stereocenters. The number of aliphatic hydroxyl groups excluding tert-OH is 4.